The largest absolute Gasteiger partial charge is 0.389 e. The number of aliphatic hydroxyl groups is 1. The molecule has 0 spiro atoms. The van der Waals surface area contributed by atoms with Gasteiger partial charge in [0.05, 0.1) is 5.60 Å². The number of piperazine rings is 1. The van der Waals surface area contributed by atoms with Crippen LogP contribution in [0.4, 0.5) is 5.69 Å². The molecule has 1 saturated heterocycles. The van der Waals surface area contributed by atoms with E-state index in [0.29, 0.717) is 0 Å². The zero-order valence-corrected chi connectivity index (χ0v) is 10.6. The van der Waals surface area contributed by atoms with Gasteiger partial charge in [-0.05, 0) is 26.0 Å². The van der Waals surface area contributed by atoms with Crippen LogP contribution in [0.15, 0.2) is 24.5 Å². The average Bonchev–Trinajstić information content (AvgIpc) is 2.29. The molecule has 4 heteroatoms. The van der Waals surface area contributed by atoms with Crippen LogP contribution in [0, 0.1) is 0 Å². The molecule has 0 saturated carbocycles. The molecule has 0 bridgehead atoms. The van der Waals surface area contributed by atoms with E-state index in [0.717, 1.165) is 32.7 Å². The summed E-state index contributed by atoms with van der Waals surface area (Å²) in [6.07, 6.45) is 3.66. The highest BCUT2D eigenvalue weighted by molar-refractivity contribution is 5.44. The predicted octanol–water partition coefficient (Wildman–Crippen LogP) is 0.974. The summed E-state index contributed by atoms with van der Waals surface area (Å²) in [6, 6.07) is 4.09. The molecule has 1 aliphatic heterocycles. The minimum absolute atomic E-state index is 0.598. The van der Waals surface area contributed by atoms with E-state index in [2.05, 4.69) is 14.8 Å². The second-order valence-corrected chi connectivity index (χ2v) is 5.28. The summed E-state index contributed by atoms with van der Waals surface area (Å²) in [6.45, 7) is 8.51. The second-order valence-electron chi connectivity index (χ2n) is 5.28. The van der Waals surface area contributed by atoms with Gasteiger partial charge in [0, 0.05) is 50.8 Å². The lowest BCUT2D eigenvalue weighted by Crippen LogP contribution is -2.50. The molecule has 0 atom stereocenters. The van der Waals surface area contributed by atoms with Crippen molar-refractivity contribution < 1.29 is 5.11 Å². The first-order valence-corrected chi connectivity index (χ1v) is 6.14. The van der Waals surface area contributed by atoms with Crippen molar-refractivity contribution in [1.82, 2.24) is 9.88 Å². The molecule has 1 aromatic heterocycles. The van der Waals surface area contributed by atoms with Gasteiger partial charge in [-0.15, -0.1) is 0 Å². The summed E-state index contributed by atoms with van der Waals surface area (Å²) in [7, 11) is 0. The van der Waals surface area contributed by atoms with E-state index in [1.54, 1.807) is 0 Å². The van der Waals surface area contributed by atoms with Crippen molar-refractivity contribution >= 4 is 5.69 Å². The van der Waals surface area contributed by atoms with E-state index < -0.39 is 5.60 Å². The monoisotopic (exact) mass is 235 g/mol. The van der Waals surface area contributed by atoms with E-state index in [-0.39, 0.29) is 0 Å². The molecule has 0 aliphatic carbocycles. The second kappa shape index (κ2) is 5.02. The number of β-amino-alcohol motifs (C(OH)–C–C–N with tert-alkyl or cyclic N) is 1. The van der Waals surface area contributed by atoms with E-state index in [1.165, 1.54) is 5.69 Å². The van der Waals surface area contributed by atoms with Crippen molar-refractivity contribution in [3.05, 3.63) is 24.5 Å². The van der Waals surface area contributed by atoms with Crippen molar-refractivity contribution in [2.45, 2.75) is 19.4 Å². The Morgan fingerprint density at radius 1 is 1.18 bits per heavy atom. The molecule has 1 aromatic rings. The van der Waals surface area contributed by atoms with Crippen molar-refractivity contribution in [1.29, 1.82) is 0 Å². The third-order valence-corrected chi connectivity index (χ3v) is 3.01. The van der Waals surface area contributed by atoms with Gasteiger partial charge in [0.1, 0.15) is 0 Å². The van der Waals surface area contributed by atoms with Gasteiger partial charge < -0.3 is 10.0 Å². The summed E-state index contributed by atoms with van der Waals surface area (Å²) < 4.78 is 0. The third kappa shape index (κ3) is 3.68. The lowest BCUT2D eigenvalue weighted by Gasteiger charge is -2.38. The minimum atomic E-state index is -0.598. The number of nitrogens with zero attached hydrogens (tertiary/aromatic N) is 3. The summed E-state index contributed by atoms with van der Waals surface area (Å²) in [5.74, 6) is 0. The Labute approximate surface area is 103 Å². The van der Waals surface area contributed by atoms with E-state index in [9.17, 15) is 5.11 Å². The Bertz CT molecular complexity index is 339. The van der Waals surface area contributed by atoms with Gasteiger partial charge in [-0.3, -0.25) is 9.88 Å². The van der Waals surface area contributed by atoms with Crippen LogP contribution in [0.5, 0.6) is 0 Å². The molecule has 2 rings (SSSR count). The standard InChI is InChI=1S/C13H21N3O/c1-13(2,17)11-15-7-9-16(10-8-15)12-3-5-14-6-4-12/h3-6,17H,7-11H2,1-2H3. The third-order valence-electron chi connectivity index (χ3n) is 3.01. The molecule has 0 amide bonds. The number of hydrogen-bond acceptors (Lipinski definition) is 4. The number of hydrogen-bond donors (Lipinski definition) is 1. The topological polar surface area (TPSA) is 39.6 Å². The number of aromatic nitrogens is 1. The Morgan fingerprint density at radius 3 is 2.29 bits per heavy atom. The van der Waals surface area contributed by atoms with Gasteiger partial charge in [0.25, 0.3) is 0 Å². The number of pyridine rings is 1. The van der Waals surface area contributed by atoms with Crippen LogP contribution in [0.2, 0.25) is 0 Å². The van der Waals surface area contributed by atoms with Crippen molar-refractivity contribution in [3.8, 4) is 0 Å². The van der Waals surface area contributed by atoms with Gasteiger partial charge >= 0.3 is 0 Å². The SMILES string of the molecule is CC(C)(O)CN1CCN(c2ccncc2)CC1. The summed E-state index contributed by atoms with van der Waals surface area (Å²) in [5.41, 5.74) is 0.640. The lowest BCUT2D eigenvalue weighted by atomic mass is 10.1. The summed E-state index contributed by atoms with van der Waals surface area (Å²) >= 11 is 0. The van der Waals surface area contributed by atoms with E-state index in [4.69, 9.17) is 0 Å². The van der Waals surface area contributed by atoms with Crippen LogP contribution < -0.4 is 4.90 Å². The Kier molecular flexibility index (Phi) is 3.64. The van der Waals surface area contributed by atoms with Crippen molar-refractivity contribution in [3.63, 3.8) is 0 Å². The van der Waals surface area contributed by atoms with E-state index >= 15 is 0 Å². The molecule has 0 unspecified atom stereocenters. The zero-order valence-electron chi connectivity index (χ0n) is 10.6. The minimum Gasteiger partial charge on any atom is -0.389 e. The fraction of sp³-hybridized carbons (Fsp3) is 0.615. The molecule has 94 valence electrons. The first-order valence-electron chi connectivity index (χ1n) is 6.14. The maximum Gasteiger partial charge on any atom is 0.0718 e. The van der Waals surface area contributed by atoms with Crippen LogP contribution in [-0.4, -0.2) is 53.3 Å². The zero-order chi connectivity index (χ0) is 12.3. The maximum absolute atomic E-state index is 9.79. The molecular weight excluding hydrogens is 214 g/mol. The first kappa shape index (κ1) is 12.3. The van der Waals surface area contributed by atoms with Crippen LogP contribution in [0.25, 0.3) is 0 Å². The van der Waals surface area contributed by atoms with Gasteiger partial charge in [0.2, 0.25) is 0 Å². The van der Waals surface area contributed by atoms with Gasteiger partial charge in [-0.1, -0.05) is 0 Å². The Morgan fingerprint density at radius 2 is 1.76 bits per heavy atom. The highest BCUT2D eigenvalue weighted by atomic mass is 16.3. The number of rotatable bonds is 3. The highest BCUT2D eigenvalue weighted by Crippen LogP contribution is 2.15. The van der Waals surface area contributed by atoms with Gasteiger partial charge in [-0.25, -0.2) is 0 Å². The van der Waals surface area contributed by atoms with E-state index in [1.807, 2.05) is 38.4 Å². The number of anilines is 1. The molecule has 0 aromatic carbocycles. The molecule has 4 nitrogen and oxygen atoms in total. The molecule has 1 N–H and O–H groups in total. The smallest absolute Gasteiger partial charge is 0.0718 e. The van der Waals surface area contributed by atoms with Crippen LogP contribution in [0.3, 0.4) is 0 Å². The Balaban J connectivity index is 1.86. The van der Waals surface area contributed by atoms with Crippen molar-refractivity contribution in [2.75, 3.05) is 37.6 Å². The molecular formula is C13H21N3O. The quantitative estimate of drug-likeness (QED) is 0.847. The molecule has 17 heavy (non-hydrogen) atoms. The predicted molar refractivity (Wildman–Crippen MR) is 69.2 cm³/mol. The fourth-order valence-corrected chi connectivity index (χ4v) is 2.27. The highest BCUT2D eigenvalue weighted by Gasteiger charge is 2.22. The lowest BCUT2D eigenvalue weighted by molar-refractivity contribution is 0.0345. The normalized spacial score (nSPS) is 18.4. The summed E-state index contributed by atoms with van der Waals surface area (Å²) in [4.78, 5) is 8.71. The maximum atomic E-state index is 9.79. The van der Waals surface area contributed by atoms with Crippen LogP contribution in [-0.2, 0) is 0 Å². The molecule has 0 radical (unpaired) electrons. The molecule has 1 aliphatic rings. The van der Waals surface area contributed by atoms with Crippen molar-refractivity contribution in [2.24, 2.45) is 0 Å². The van der Waals surface area contributed by atoms with Gasteiger partial charge in [-0.2, -0.15) is 0 Å². The van der Waals surface area contributed by atoms with Crippen LogP contribution in [0.1, 0.15) is 13.8 Å². The fourth-order valence-electron chi connectivity index (χ4n) is 2.27. The molecule has 1 fully saturated rings. The van der Waals surface area contributed by atoms with Gasteiger partial charge in [0.15, 0.2) is 0 Å². The Hall–Kier alpha value is -1.13. The first-order chi connectivity index (χ1) is 8.04. The molecule has 2 heterocycles. The van der Waals surface area contributed by atoms with Crippen LogP contribution >= 0.6 is 0 Å². The average molecular weight is 235 g/mol. The summed E-state index contributed by atoms with van der Waals surface area (Å²) in [5, 5.41) is 9.79.